The standard InChI is InChI=1S/C44H53NO9SSi/c1-44(2,3)56(5,6)52-29-38(54-55(4,47)48)41(49-26-30-17-9-7-10-18-30)42(50-27-31-19-11-8-12-20-31)39-40-37(53-40)25-45(39)43(46)51-28-36-34-23-15-13-21-32(34)33-22-14-16-24-35(33)36/h7-24,36-42H,25-29H2,1-6H3/t37-,38+,39-,40-,41-,42-/m1/s1. The third-order valence-electron chi connectivity index (χ3n) is 11.6. The number of fused-ring (bicyclic) bond motifs is 4. The Labute approximate surface area is 332 Å². The predicted octanol–water partition coefficient (Wildman–Crippen LogP) is 7.92. The molecule has 0 radical (unpaired) electrons. The number of hydrogen-bond acceptors (Lipinski definition) is 9. The van der Waals surface area contributed by atoms with Crippen molar-refractivity contribution in [2.45, 2.75) is 94.6 Å². The summed E-state index contributed by atoms with van der Waals surface area (Å²) in [5, 5.41) is -0.159. The first-order valence-electron chi connectivity index (χ1n) is 19.3. The van der Waals surface area contributed by atoms with Crippen LogP contribution in [0.15, 0.2) is 109 Å². The summed E-state index contributed by atoms with van der Waals surface area (Å²) in [6.45, 7) is 11.2. The minimum atomic E-state index is -4.02. The molecule has 2 fully saturated rings. The molecule has 0 N–H and O–H groups in total. The molecule has 3 aliphatic rings. The van der Waals surface area contributed by atoms with Gasteiger partial charge in [0.15, 0.2) is 8.32 Å². The van der Waals surface area contributed by atoms with Gasteiger partial charge in [-0.1, -0.05) is 130 Å². The van der Waals surface area contributed by atoms with E-state index >= 15 is 0 Å². The highest BCUT2D eigenvalue weighted by Gasteiger charge is 2.62. The van der Waals surface area contributed by atoms with Crippen molar-refractivity contribution in [2.75, 3.05) is 26.0 Å². The number of benzene rings is 4. The average molecular weight is 800 g/mol. The molecule has 7 rings (SSSR count). The van der Waals surface area contributed by atoms with Crippen molar-refractivity contribution < 1.29 is 40.8 Å². The molecule has 0 aromatic heterocycles. The van der Waals surface area contributed by atoms with E-state index in [2.05, 4.69) is 58.1 Å². The Morgan fingerprint density at radius 1 is 0.821 bits per heavy atom. The molecule has 0 unspecified atom stereocenters. The van der Waals surface area contributed by atoms with E-state index in [1.54, 1.807) is 4.90 Å². The summed E-state index contributed by atoms with van der Waals surface area (Å²) in [6, 6.07) is 35.1. The lowest BCUT2D eigenvalue weighted by atomic mass is 9.97. The minimum Gasteiger partial charge on any atom is -0.448 e. The molecule has 12 heteroatoms. The SMILES string of the molecule is CC(C)(C)[Si](C)(C)OC[C@H](OS(C)(=O)=O)[C@@H](OCc1ccccc1)[C@H](OCc1ccccc1)[C@H]1[C@@H]2O[C@@H]2CN1C(=O)OCC1c2ccccc2-c2ccccc21. The van der Waals surface area contributed by atoms with Crippen LogP contribution in [0.3, 0.4) is 0 Å². The van der Waals surface area contributed by atoms with Crippen LogP contribution in [0.5, 0.6) is 0 Å². The molecule has 2 aliphatic heterocycles. The Balaban J connectivity index is 1.22. The molecule has 4 aromatic rings. The second kappa shape index (κ2) is 16.5. The normalized spacial score (nSPS) is 20.8. The molecule has 298 valence electrons. The van der Waals surface area contributed by atoms with Crippen LogP contribution in [-0.4, -0.2) is 90.3 Å². The van der Waals surface area contributed by atoms with Crippen LogP contribution < -0.4 is 0 Å². The van der Waals surface area contributed by atoms with Crippen LogP contribution in [0.2, 0.25) is 18.1 Å². The Hall–Kier alpha value is -3.88. The number of epoxide rings is 1. The van der Waals surface area contributed by atoms with Gasteiger partial charge < -0.3 is 23.4 Å². The van der Waals surface area contributed by atoms with Crippen LogP contribution in [0, 0.1) is 0 Å². The topological polar surface area (TPSA) is 113 Å². The first-order chi connectivity index (χ1) is 26.7. The second-order valence-corrected chi connectivity index (χ2v) is 22.9. The molecule has 6 atom stereocenters. The van der Waals surface area contributed by atoms with E-state index < -0.39 is 48.9 Å². The third kappa shape index (κ3) is 9.12. The van der Waals surface area contributed by atoms with E-state index in [4.69, 9.17) is 27.6 Å². The van der Waals surface area contributed by atoms with E-state index in [1.807, 2.05) is 84.9 Å². The number of carbonyl (C=O) groups excluding carboxylic acids is 1. The van der Waals surface area contributed by atoms with Crippen LogP contribution in [0.25, 0.3) is 11.1 Å². The fraction of sp³-hybridized carbons (Fsp3) is 0.432. The van der Waals surface area contributed by atoms with Crippen LogP contribution >= 0.6 is 0 Å². The minimum absolute atomic E-state index is 0.0686. The molecule has 10 nitrogen and oxygen atoms in total. The Bertz CT molecular complexity index is 2030. The zero-order valence-corrected chi connectivity index (χ0v) is 34.8. The number of morpholine rings is 1. The maximum atomic E-state index is 14.4. The van der Waals surface area contributed by atoms with Gasteiger partial charge in [0, 0.05) is 5.92 Å². The van der Waals surface area contributed by atoms with Crippen molar-refractivity contribution in [3.8, 4) is 11.1 Å². The summed E-state index contributed by atoms with van der Waals surface area (Å²) in [4.78, 5) is 16.0. The monoisotopic (exact) mass is 799 g/mol. The average Bonchev–Trinajstić information content (AvgIpc) is 3.73. The predicted molar refractivity (Wildman–Crippen MR) is 217 cm³/mol. The number of likely N-dealkylation sites (tertiary alicyclic amines) is 1. The van der Waals surface area contributed by atoms with Gasteiger partial charge >= 0.3 is 6.09 Å². The summed E-state index contributed by atoms with van der Waals surface area (Å²) < 4.78 is 64.5. The van der Waals surface area contributed by atoms with Crippen molar-refractivity contribution in [1.82, 2.24) is 4.90 Å². The second-order valence-electron chi connectivity index (χ2n) is 16.5. The van der Waals surface area contributed by atoms with E-state index in [0.29, 0.717) is 6.54 Å². The van der Waals surface area contributed by atoms with Gasteiger partial charge in [0.2, 0.25) is 0 Å². The Morgan fingerprint density at radius 2 is 1.36 bits per heavy atom. The Morgan fingerprint density at radius 3 is 1.91 bits per heavy atom. The lowest BCUT2D eigenvalue weighted by molar-refractivity contribution is -0.154. The van der Waals surface area contributed by atoms with Gasteiger partial charge in [0.1, 0.15) is 37.1 Å². The number of rotatable bonds is 16. The summed E-state index contributed by atoms with van der Waals surface area (Å²) >= 11 is 0. The molecule has 0 saturated carbocycles. The van der Waals surface area contributed by atoms with Gasteiger partial charge in [-0.05, 0) is 51.5 Å². The largest absolute Gasteiger partial charge is 0.448 e. The van der Waals surface area contributed by atoms with Crippen molar-refractivity contribution in [3.05, 3.63) is 131 Å². The summed E-state index contributed by atoms with van der Waals surface area (Å²) in [5.41, 5.74) is 6.29. The van der Waals surface area contributed by atoms with Gasteiger partial charge in [-0.3, -0.25) is 9.08 Å². The smallest absolute Gasteiger partial charge is 0.410 e. The first-order valence-corrected chi connectivity index (χ1v) is 24.0. The summed E-state index contributed by atoms with van der Waals surface area (Å²) in [6.07, 6.45) is -3.12. The van der Waals surface area contributed by atoms with E-state index in [9.17, 15) is 13.2 Å². The maximum Gasteiger partial charge on any atom is 0.410 e. The fourth-order valence-corrected chi connectivity index (χ4v) is 9.21. The molecule has 56 heavy (non-hydrogen) atoms. The third-order valence-corrected chi connectivity index (χ3v) is 16.7. The van der Waals surface area contributed by atoms with Crippen LogP contribution in [-0.2, 0) is 50.9 Å². The zero-order chi connectivity index (χ0) is 39.7. The van der Waals surface area contributed by atoms with E-state index in [0.717, 1.165) is 39.6 Å². The maximum absolute atomic E-state index is 14.4. The van der Waals surface area contributed by atoms with E-state index in [-0.39, 0.29) is 49.6 Å². The molecule has 1 amide bonds. The van der Waals surface area contributed by atoms with Crippen molar-refractivity contribution in [1.29, 1.82) is 0 Å². The molecule has 4 aromatic carbocycles. The highest BCUT2D eigenvalue weighted by molar-refractivity contribution is 7.86. The highest BCUT2D eigenvalue weighted by atomic mass is 32.2. The van der Waals surface area contributed by atoms with Crippen molar-refractivity contribution in [2.24, 2.45) is 0 Å². The molecular weight excluding hydrogens is 747 g/mol. The van der Waals surface area contributed by atoms with Gasteiger partial charge in [0.05, 0.1) is 38.7 Å². The molecule has 0 spiro atoms. The number of amides is 1. The lowest BCUT2D eigenvalue weighted by Gasteiger charge is -2.41. The van der Waals surface area contributed by atoms with Crippen LogP contribution in [0.1, 0.15) is 48.9 Å². The molecule has 0 bridgehead atoms. The van der Waals surface area contributed by atoms with E-state index in [1.165, 1.54) is 0 Å². The number of nitrogens with zero attached hydrogens (tertiary/aromatic N) is 1. The highest BCUT2D eigenvalue weighted by Crippen LogP contribution is 2.46. The fourth-order valence-electron chi connectivity index (χ4n) is 7.58. The first kappa shape index (κ1) is 40.3. The molecule has 2 heterocycles. The number of ether oxygens (including phenoxy) is 4. The van der Waals surface area contributed by atoms with Gasteiger partial charge in [-0.25, -0.2) is 4.79 Å². The zero-order valence-electron chi connectivity index (χ0n) is 33.0. The Kier molecular flexibility index (Phi) is 11.9. The molecular formula is C44H53NO9SSi. The van der Waals surface area contributed by atoms with Crippen molar-refractivity contribution >= 4 is 24.5 Å². The molecule has 2 saturated heterocycles. The van der Waals surface area contributed by atoms with Crippen molar-refractivity contribution in [3.63, 3.8) is 0 Å². The summed E-state index contributed by atoms with van der Waals surface area (Å²) in [5.74, 6) is -0.120. The van der Waals surface area contributed by atoms with Gasteiger partial charge in [-0.15, -0.1) is 0 Å². The molecule has 1 aliphatic carbocycles. The van der Waals surface area contributed by atoms with Gasteiger partial charge in [0.25, 0.3) is 10.1 Å². The summed E-state index contributed by atoms with van der Waals surface area (Å²) in [7, 11) is -6.42. The number of carbonyl (C=O) groups is 1. The lowest BCUT2D eigenvalue weighted by Crippen LogP contribution is -2.58. The number of hydrogen-bond donors (Lipinski definition) is 0. The quantitative estimate of drug-likeness (QED) is 0.0634. The van der Waals surface area contributed by atoms with Crippen LogP contribution in [0.4, 0.5) is 4.79 Å². The van der Waals surface area contributed by atoms with Gasteiger partial charge in [-0.2, -0.15) is 8.42 Å².